The van der Waals surface area contributed by atoms with E-state index in [1.807, 2.05) is 6.92 Å². The lowest BCUT2D eigenvalue weighted by Crippen LogP contribution is -2.38. The molecule has 0 aliphatic carbocycles. The van der Waals surface area contributed by atoms with Crippen LogP contribution in [0.4, 0.5) is 17.6 Å². The van der Waals surface area contributed by atoms with Crippen molar-refractivity contribution in [1.29, 1.82) is 0 Å². The van der Waals surface area contributed by atoms with E-state index >= 15 is 0 Å². The van der Waals surface area contributed by atoms with Crippen LogP contribution in [0.25, 0.3) is 0 Å². The van der Waals surface area contributed by atoms with Crippen LogP contribution in [-0.4, -0.2) is 30.9 Å². The fraction of sp³-hybridized carbons (Fsp3) is 0.579. The number of esters is 1. The van der Waals surface area contributed by atoms with E-state index in [2.05, 4.69) is 10.1 Å². The Balaban J connectivity index is 2.00. The van der Waals surface area contributed by atoms with Gasteiger partial charge in [0.2, 0.25) is 0 Å². The zero-order chi connectivity index (χ0) is 22.4. The van der Waals surface area contributed by atoms with Crippen LogP contribution in [0.15, 0.2) is 17.1 Å². The van der Waals surface area contributed by atoms with Gasteiger partial charge in [-0.15, -0.1) is 0 Å². The molecule has 0 radical (unpaired) electrons. The Morgan fingerprint density at radius 1 is 1.27 bits per heavy atom. The smallest absolute Gasteiger partial charge is 0.436 e. The lowest BCUT2D eigenvalue weighted by Gasteiger charge is -2.28. The van der Waals surface area contributed by atoms with Gasteiger partial charge in [-0.25, -0.2) is 23.6 Å². The molecular weight excluding hydrogens is 408 g/mol. The second kappa shape index (κ2) is 7.51. The van der Waals surface area contributed by atoms with E-state index in [1.54, 1.807) is 20.8 Å². The number of rotatable bonds is 3. The Bertz CT molecular complexity index is 1020. The van der Waals surface area contributed by atoms with Crippen LogP contribution in [0.2, 0.25) is 0 Å². The summed E-state index contributed by atoms with van der Waals surface area (Å²) in [7, 11) is 0. The van der Waals surface area contributed by atoms with Crippen LogP contribution < -0.4 is 5.69 Å². The molecule has 0 amide bonds. The normalized spacial score (nSPS) is 19.5. The summed E-state index contributed by atoms with van der Waals surface area (Å²) in [4.78, 5) is 28.6. The predicted molar refractivity (Wildman–Crippen MR) is 97.3 cm³/mol. The minimum absolute atomic E-state index is 0.161. The van der Waals surface area contributed by atoms with E-state index in [-0.39, 0.29) is 11.5 Å². The minimum atomic E-state index is -4.96. The number of halogens is 4. The van der Waals surface area contributed by atoms with Gasteiger partial charge in [-0.05, 0) is 39.7 Å². The van der Waals surface area contributed by atoms with Gasteiger partial charge in [0.05, 0.1) is 6.54 Å². The van der Waals surface area contributed by atoms with Crippen molar-refractivity contribution in [2.24, 2.45) is 0 Å². The fourth-order valence-corrected chi connectivity index (χ4v) is 3.39. The first kappa shape index (κ1) is 22.0. The SMILES string of the molecule is CC1CCC(C(=O)OC(C)(C)C)n2c1nn(Cc1ccnc(C(F)(F)F)c1F)c2=O. The molecule has 0 fully saturated rings. The molecular formula is C19H22F4N4O3. The van der Waals surface area contributed by atoms with E-state index in [1.165, 1.54) is 4.57 Å². The molecule has 3 rings (SSSR count). The van der Waals surface area contributed by atoms with Gasteiger partial charge in [0.1, 0.15) is 17.5 Å². The zero-order valence-electron chi connectivity index (χ0n) is 17.0. The van der Waals surface area contributed by atoms with Crippen molar-refractivity contribution in [3.05, 3.63) is 45.6 Å². The third kappa shape index (κ3) is 4.24. The number of hydrogen-bond donors (Lipinski definition) is 0. The summed E-state index contributed by atoms with van der Waals surface area (Å²) < 4.78 is 60.5. The van der Waals surface area contributed by atoms with Gasteiger partial charge >= 0.3 is 17.8 Å². The Hall–Kier alpha value is -2.72. The highest BCUT2D eigenvalue weighted by Gasteiger charge is 2.38. The molecule has 0 aromatic carbocycles. The van der Waals surface area contributed by atoms with Crippen LogP contribution in [0.1, 0.15) is 69.6 Å². The standard InChI is InChI=1S/C19H22F4N4O3/c1-10-5-6-12(16(28)30-18(2,3)4)27-15(10)25-26(17(27)29)9-11-7-8-24-14(13(11)20)19(21,22)23/h7-8,10,12H,5-6,9H2,1-4H3. The Morgan fingerprint density at radius 3 is 2.53 bits per heavy atom. The summed E-state index contributed by atoms with van der Waals surface area (Å²) in [6, 6.07) is 0.161. The maximum Gasteiger partial charge on any atom is 0.436 e. The highest BCUT2D eigenvalue weighted by Crippen LogP contribution is 2.33. The van der Waals surface area contributed by atoms with Gasteiger partial charge in [0.25, 0.3) is 0 Å². The zero-order valence-corrected chi connectivity index (χ0v) is 17.0. The van der Waals surface area contributed by atoms with Gasteiger partial charge in [-0.1, -0.05) is 6.92 Å². The maximum absolute atomic E-state index is 14.3. The number of hydrogen-bond acceptors (Lipinski definition) is 5. The molecule has 0 bridgehead atoms. The molecule has 30 heavy (non-hydrogen) atoms. The number of carbonyl (C=O) groups excluding carboxylic acids is 1. The Labute approximate surface area is 169 Å². The summed E-state index contributed by atoms with van der Waals surface area (Å²) in [5.41, 5.74) is -3.50. The van der Waals surface area contributed by atoms with Gasteiger partial charge < -0.3 is 4.74 Å². The lowest BCUT2D eigenvalue weighted by atomic mass is 9.96. The quantitative estimate of drug-likeness (QED) is 0.551. The third-order valence-corrected chi connectivity index (χ3v) is 4.76. The van der Waals surface area contributed by atoms with Gasteiger partial charge in [0.15, 0.2) is 11.5 Å². The average Bonchev–Trinajstić information content (AvgIpc) is 2.92. The van der Waals surface area contributed by atoms with E-state index in [0.29, 0.717) is 18.7 Å². The number of aromatic nitrogens is 4. The van der Waals surface area contributed by atoms with Gasteiger partial charge in [-0.2, -0.15) is 18.3 Å². The molecule has 11 heteroatoms. The molecule has 3 heterocycles. The molecule has 7 nitrogen and oxygen atoms in total. The van der Waals surface area contributed by atoms with Crippen LogP contribution in [0, 0.1) is 5.82 Å². The molecule has 2 aromatic heterocycles. The van der Waals surface area contributed by atoms with E-state index in [0.717, 1.165) is 16.9 Å². The van der Waals surface area contributed by atoms with E-state index in [4.69, 9.17) is 4.74 Å². The van der Waals surface area contributed by atoms with Crippen molar-refractivity contribution in [2.45, 2.75) is 70.8 Å². The number of fused-ring (bicyclic) bond motifs is 1. The second-order valence-electron chi connectivity index (χ2n) is 8.33. The highest BCUT2D eigenvalue weighted by atomic mass is 19.4. The molecule has 0 spiro atoms. The Kier molecular flexibility index (Phi) is 5.50. The van der Waals surface area contributed by atoms with Crippen molar-refractivity contribution in [2.75, 3.05) is 0 Å². The first-order valence-electron chi connectivity index (χ1n) is 9.42. The number of nitrogens with zero attached hydrogens (tertiary/aromatic N) is 4. The van der Waals surface area contributed by atoms with Crippen LogP contribution in [-0.2, 0) is 22.3 Å². The molecule has 0 saturated heterocycles. The molecule has 2 aromatic rings. The summed E-state index contributed by atoms with van der Waals surface area (Å²) in [6.45, 7) is 6.41. The molecule has 164 valence electrons. The van der Waals surface area contributed by atoms with Crippen LogP contribution in [0.5, 0.6) is 0 Å². The molecule has 0 N–H and O–H groups in total. The maximum atomic E-state index is 14.3. The number of ether oxygens (including phenoxy) is 1. The number of alkyl halides is 3. The molecule has 2 atom stereocenters. The minimum Gasteiger partial charge on any atom is -0.458 e. The molecule has 1 aliphatic rings. The first-order valence-corrected chi connectivity index (χ1v) is 9.42. The number of carbonyl (C=O) groups is 1. The first-order chi connectivity index (χ1) is 13.8. The average molecular weight is 430 g/mol. The van der Waals surface area contributed by atoms with Crippen molar-refractivity contribution >= 4 is 5.97 Å². The van der Waals surface area contributed by atoms with Crippen LogP contribution >= 0.6 is 0 Å². The summed E-state index contributed by atoms with van der Waals surface area (Å²) in [6.07, 6.45) is -3.21. The van der Waals surface area contributed by atoms with Crippen molar-refractivity contribution in [3.8, 4) is 0 Å². The largest absolute Gasteiger partial charge is 0.458 e. The molecule has 2 unspecified atom stereocenters. The monoisotopic (exact) mass is 430 g/mol. The summed E-state index contributed by atoms with van der Waals surface area (Å²) in [5, 5.41) is 4.18. The number of pyridine rings is 1. The van der Waals surface area contributed by atoms with Gasteiger partial charge in [-0.3, -0.25) is 4.57 Å². The van der Waals surface area contributed by atoms with Crippen LogP contribution in [0.3, 0.4) is 0 Å². The lowest BCUT2D eigenvalue weighted by molar-refractivity contribution is -0.160. The molecule has 0 saturated carbocycles. The second-order valence-corrected chi connectivity index (χ2v) is 8.33. The van der Waals surface area contributed by atoms with Crippen molar-refractivity contribution < 1.29 is 27.1 Å². The fourth-order valence-electron chi connectivity index (χ4n) is 3.39. The van der Waals surface area contributed by atoms with E-state index < -0.39 is 47.5 Å². The van der Waals surface area contributed by atoms with Crippen molar-refractivity contribution in [1.82, 2.24) is 19.3 Å². The Morgan fingerprint density at radius 2 is 1.93 bits per heavy atom. The van der Waals surface area contributed by atoms with Gasteiger partial charge in [0, 0.05) is 17.7 Å². The van der Waals surface area contributed by atoms with E-state index in [9.17, 15) is 27.2 Å². The summed E-state index contributed by atoms with van der Waals surface area (Å²) in [5.74, 6) is -2.00. The molecule has 1 aliphatic heterocycles. The summed E-state index contributed by atoms with van der Waals surface area (Å²) >= 11 is 0. The highest BCUT2D eigenvalue weighted by molar-refractivity contribution is 5.75. The topological polar surface area (TPSA) is 79.0 Å². The predicted octanol–water partition coefficient (Wildman–Crippen LogP) is 3.43. The third-order valence-electron chi connectivity index (χ3n) is 4.76. The van der Waals surface area contributed by atoms with Crippen molar-refractivity contribution in [3.63, 3.8) is 0 Å².